The Bertz CT molecular complexity index is 1180. The first-order chi connectivity index (χ1) is 15.1. The van der Waals surface area contributed by atoms with Crippen LogP contribution in [0.4, 0.5) is 5.69 Å². The molecule has 2 aliphatic rings. The van der Waals surface area contributed by atoms with Crippen LogP contribution in [-0.2, 0) is 17.6 Å². The highest BCUT2D eigenvalue weighted by Crippen LogP contribution is 2.29. The second-order valence-corrected chi connectivity index (χ2v) is 8.03. The van der Waals surface area contributed by atoms with Crippen molar-refractivity contribution in [1.29, 1.82) is 0 Å². The maximum absolute atomic E-state index is 12.6. The average molecular weight is 420 g/mol. The van der Waals surface area contributed by atoms with E-state index in [9.17, 15) is 14.7 Å². The van der Waals surface area contributed by atoms with Crippen molar-refractivity contribution in [2.45, 2.75) is 19.3 Å². The van der Waals surface area contributed by atoms with Crippen LogP contribution >= 0.6 is 0 Å². The molecule has 1 aliphatic carbocycles. The lowest BCUT2D eigenvalue weighted by molar-refractivity contribution is -0.133. The van der Waals surface area contributed by atoms with Gasteiger partial charge in [-0.3, -0.25) is 4.79 Å². The number of phenolic OH excluding ortho intramolecular Hbond substituents is 1. The Morgan fingerprint density at radius 3 is 2.52 bits per heavy atom. The number of piperazine rings is 1. The lowest BCUT2D eigenvalue weighted by atomic mass is 10.1. The van der Waals surface area contributed by atoms with Crippen LogP contribution in [0.1, 0.15) is 17.5 Å². The van der Waals surface area contributed by atoms with E-state index in [1.165, 1.54) is 0 Å². The van der Waals surface area contributed by atoms with Gasteiger partial charge in [-0.15, -0.1) is 0 Å². The molecule has 1 amide bonds. The van der Waals surface area contributed by atoms with Gasteiger partial charge in [-0.1, -0.05) is 0 Å². The Morgan fingerprint density at radius 2 is 1.74 bits per heavy atom. The van der Waals surface area contributed by atoms with E-state index >= 15 is 0 Å². The standard InChI is InChI=1S/C24H24N2O5/c27-17-6-4-16(5-7-17)25-10-12-26(13-11-25)23(28)15-30-18-8-9-20-19-2-1-3-21(19)24(29)31-22(20)14-18/h4-9,14,27H,1-3,10-13,15H2. The Labute approximate surface area is 179 Å². The molecule has 2 aromatic carbocycles. The van der Waals surface area contributed by atoms with Crippen molar-refractivity contribution in [1.82, 2.24) is 4.90 Å². The summed E-state index contributed by atoms with van der Waals surface area (Å²) in [7, 11) is 0. The fraction of sp³-hybridized carbons (Fsp3) is 0.333. The van der Waals surface area contributed by atoms with E-state index < -0.39 is 0 Å². The molecule has 3 aromatic rings. The SMILES string of the molecule is O=C(COc1ccc2c3c(c(=O)oc2c1)CCC3)N1CCN(c2ccc(O)cc2)CC1. The minimum atomic E-state index is -0.264. The number of nitrogens with zero attached hydrogens (tertiary/aromatic N) is 2. The minimum absolute atomic E-state index is 0.0557. The van der Waals surface area contributed by atoms with Crippen molar-refractivity contribution in [2.24, 2.45) is 0 Å². The number of carbonyl (C=O) groups excluding carboxylic acids is 1. The Balaban J connectivity index is 1.20. The van der Waals surface area contributed by atoms with E-state index in [2.05, 4.69) is 4.90 Å². The number of aromatic hydroxyl groups is 1. The third-order valence-electron chi connectivity index (χ3n) is 6.15. The number of fused-ring (bicyclic) bond motifs is 3. The van der Waals surface area contributed by atoms with Gasteiger partial charge in [0.15, 0.2) is 6.61 Å². The molecule has 7 heteroatoms. The van der Waals surface area contributed by atoms with Gasteiger partial charge in [0, 0.05) is 48.9 Å². The number of ether oxygens (including phenoxy) is 1. The Morgan fingerprint density at radius 1 is 1.00 bits per heavy atom. The average Bonchev–Trinajstić information content (AvgIpc) is 3.29. The van der Waals surface area contributed by atoms with E-state index in [1.807, 2.05) is 24.3 Å². The predicted octanol–water partition coefficient (Wildman–Crippen LogP) is 2.71. The summed E-state index contributed by atoms with van der Waals surface area (Å²) in [6.07, 6.45) is 2.65. The number of anilines is 1. The molecule has 160 valence electrons. The molecule has 5 rings (SSSR count). The van der Waals surface area contributed by atoms with Crippen LogP contribution in [0, 0.1) is 0 Å². The molecule has 0 atom stereocenters. The number of amides is 1. The van der Waals surface area contributed by atoms with Gasteiger partial charge in [0.1, 0.15) is 17.1 Å². The molecule has 1 N–H and O–H groups in total. The molecular formula is C24H24N2O5. The molecule has 2 heterocycles. The second kappa shape index (κ2) is 7.98. The zero-order valence-electron chi connectivity index (χ0n) is 17.2. The third kappa shape index (κ3) is 3.83. The van der Waals surface area contributed by atoms with Gasteiger partial charge in [0.25, 0.3) is 5.91 Å². The van der Waals surface area contributed by atoms with Crippen molar-refractivity contribution in [3.8, 4) is 11.5 Å². The zero-order chi connectivity index (χ0) is 21.4. The molecule has 0 radical (unpaired) electrons. The number of rotatable bonds is 4. The van der Waals surface area contributed by atoms with Crippen molar-refractivity contribution in [2.75, 3.05) is 37.7 Å². The first kappa shape index (κ1) is 19.5. The van der Waals surface area contributed by atoms with Crippen LogP contribution in [0.15, 0.2) is 51.7 Å². The normalized spacial score (nSPS) is 15.9. The van der Waals surface area contributed by atoms with Gasteiger partial charge in [-0.2, -0.15) is 0 Å². The molecule has 0 saturated carbocycles. The maximum atomic E-state index is 12.6. The maximum Gasteiger partial charge on any atom is 0.339 e. The fourth-order valence-electron chi connectivity index (χ4n) is 4.47. The van der Waals surface area contributed by atoms with Crippen LogP contribution < -0.4 is 15.3 Å². The van der Waals surface area contributed by atoms with Crippen LogP contribution in [0.5, 0.6) is 11.5 Å². The van der Waals surface area contributed by atoms with Crippen molar-refractivity contribution in [3.63, 3.8) is 0 Å². The van der Waals surface area contributed by atoms with E-state index in [-0.39, 0.29) is 23.9 Å². The predicted molar refractivity (Wildman–Crippen MR) is 117 cm³/mol. The van der Waals surface area contributed by atoms with Crippen molar-refractivity contribution < 1.29 is 19.1 Å². The Hall–Kier alpha value is -3.48. The summed E-state index contributed by atoms with van der Waals surface area (Å²) in [6, 6.07) is 12.5. The molecule has 0 bridgehead atoms. The number of hydrogen-bond donors (Lipinski definition) is 1. The van der Waals surface area contributed by atoms with E-state index in [4.69, 9.17) is 9.15 Å². The molecule has 1 fully saturated rings. The van der Waals surface area contributed by atoms with Crippen molar-refractivity contribution in [3.05, 3.63) is 64.0 Å². The van der Waals surface area contributed by atoms with E-state index in [1.54, 1.807) is 23.1 Å². The van der Waals surface area contributed by atoms with Crippen LogP contribution in [-0.4, -0.2) is 48.7 Å². The van der Waals surface area contributed by atoms with Gasteiger partial charge in [0.05, 0.1) is 0 Å². The number of carbonyl (C=O) groups is 1. The van der Waals surface area contributed by atoms with Crippen LogP contribution in [0.3, 0.4) is 0 Å². The summed E-state index contributed by atoms with van der Waals surface area (Å²) >= 11 is 0. The highest BCUT2D eigenvalue weighted by atomic mass is 16.5. The Kier molecular flexibility index (Phi) is 5.02. The van der Waals surface area contributed by atoms with Crippen LogP contribution in [0.25, 0.3) is 11.0 Å². The molecule has 1 aromatic heterocycles. The van der Waals surface area contributed by atoms with Gasteiger partial charge in [0.2, 0.25) is 0 Å². The third-order valence-corrected chi connectivity index (χ3v) is 6.15. The summed E-state index contributed by atoms with van der Waals surface area (Å²) in [4.78, 5) is 28.8. The molecule has 7 nitrogen and oxygen atoms in total. The number of phenols is 1. The summed E-state index contributed by atoms with van der Waals surface area (Å²) in [5.41, 5.74) is 3.16. The number of benzene rings is 2. The monoisotopic (exact) mass is 420 g/mol. The first-order valence-electron chi connectivity index (χ1n) is 10.6. The van der Waals surface area contributed by atoms with Crippen LogP contribution in [0.2, 0.25) is 0 Å². The summed E-state index contributed by atoms with van der Waals surface area (Å²) in [5, 5.41) is 10.4. The first-order valence-corrected chi connectivity index (χ1v) is 10.6. The lowest BCUT2D eigenvalue weighted by Crippen LogP contribution is -2.50. The second-order valence-electron chi connectivity index (χ2n) is 8.03. The van der Waals surface area contributed by atoms with Gasteiger partial charge in [-0.25, -0.2) is 4.79 Å². The van der Waals surface area contributed by atoms with E-state index in [0.29, 0.717) is 24.4 Å². The van der Waals surface area contributed by atoms with E-state index in [0.717, 1.165) is 54.6 Å². The number of aryl methyl sites for hydroxylation is 1. The molecule has 0 unspecified atom stereocenters. The van der Waals surface area contributed by atoms with Gasteiger partial charge < -0.3 is 24.1 Å². The largest absolute Gasteiger partial charge is 0.508 e. The fourth-order valence-corrected chi connectivity index (χ4v) is 4.47. The smallest absolute Gasteiger partial charge is 0.339 e. The minimum Gasteiger partial charge on any atom is -0.508 e. The topological polar surface area (TPSA) is 83.2 Å². The van der Waals surface area contributed by atoms with Crippen molar-refractivity contribution >= 4 is 22.6 Å². The van der Waals surface area contributed by atoms with Gasteiger partial charge in [-0.05, 0) is 61.2 Å². The quantitative estimate of drug-likeness (QED) is 0.654. The highest BCUT2D eigenvalue weighted by molar-refractivity contribution is 5.83. The zero-order valence-corrected chi connectivity index (χ0v) is 17.2. The summed E-state index contributed by atoms with van der Waals surface area (Å²) in [5.74, 6) is 0.692. The number of hydrogen-bond acceptors (Lipinski definition) is 6. The summed E-state index contributed by atoms with van der Waals surface area (Å²) < 4.78 is 11.2. The highest BCUT2D eigenvalue weighted by Gasteiger charge is 2.22. The molecule has 0 spiro atoms. The molecule has 1 aliphatic heterocycles. The summed E-state index contributed by atoms with van der Waals surface area (Å²) in [6.45, 7) is 2.62. The molecule has 1 saturated heterocycles. The van der Waals surface area contributed by atoms with Gasteiger partial charge >= 0.3 is 5.63 Å². The molecular weight excluding hydrogens is 396 g/mol. The lowest BCUT2D eigenvalue weighted by Gasteiger charge is -2.36. The molecule has 31 heavy (non-hydrogen) atoms.